The Balaban J connectivity index is 2.03. The Morgan fingerprint density at radius 2 is 2.39 bits per heavy atom. The van der Waals surface area contributed by atoms with Crippen molar-refractivity contribution in [3.05, 3.63) is 28.9 Å². The number of nitrogens with zero attached hydrogens (tertiary/aromatic N) is 2. The van der Waals surface area contributed by atoms with Crippen LogP contribution in [0.1, 0.15) is 26.7 Å². The first kappa shape index (κ1) is 12.8. The second-order valence-electron chi connectivity index (χ2n) is 4.49. The lowest BCUT2D eigenvalue weighted by Crippen LogP contribution is -2.31. The van der Waals surface area contributed by atoms with Crippen molar-refractivity contribution in [2.45, 2.75) is 39.3 Å². The third-order valence-corrected chi connectivity index (χ3v) is 2.97. The van der Waals surface area contributed by atoms with Crippen LogP contribution < -0.4 is 11.1 Å². The molecule has 0 bridgehead atoms. The van der Waals surface area contributed by atoms with Crippen LogP contribution >= 0.6 is 0 Å². The minimum Gasteiger partial charge on any atom is -0.406 e. The summed E-state index contributed by atoms with van der Waals surface area (Å²) >= 11 is 0. The Kier molecular flexibility index (Phi) is 4.15. The first-order valence-corrected chi connectivity index (χ1v) is 6.40. The van der Waals surface area contributed by atoms with Crippen LogP contribution in [0.3, 0.4) is 0 Å². The molecule has 2 heterocycles. The number of pyridine rings is 1. The smallest absolute Gasteiger partial charge is 0.406 e. The van der Waals surface area contributed by atoms with E-state index in [4.69, 9.17) is 4.42 Å². The molecule has 5 heteroatoms. The molecule has 0 saturated heterocycles. The van der Waals surface area contributed by atoms with Crippen LogP contribution in [0.4, 0.5) is 0 Å². The standard InChI is InChI=1S/C13H19N3O2/c1-3-5-10(2)14-8-9-16-12-11(18-13(16)17)6-4-7-15-12/h4,6-7,10,14H,3,5,8-9H2,1-2H3. The molecule has 1 N–H and O–H groups in total. The third-order valence-electron chi connectivity index (χ3n) is 2.97. The maximum atomic E-state index is 11.7. The summed E-state index contributed by atoms with van der Waals surface area (Å²) in [5, 5.41) is 3.38. The van der Waals surface area contributed by atoms with Crippen LogP contribution in [0.25, 0.3) is 11.2 Å². The molecule has 2 aromatic heterocycles. The van der Waals surface area contributed by atoms with Crippen LogP contribution in [0.15, 0.2) is 27.5 Å². The summed E-state index contributed by atoms with van der Waals surface area (Å²) < 4.78 is 6.69. The van der Waals surface area contributed by atoms with Crippen molar-refractivity contribution >= 4 is 11.2 Å². The van der Waals surface area contributed by atoms with Gasteiger partial charge in [0, 0.05) is 25.3 Å². The van der Waals surface area contributed by atoms with Crippen molar-refractivity contribution in [1.29, 1.82) is 0 Å². The Hall–Kier alpha value is -1.62. The van der Waals surface area contributed by atoms with Gasteiger partial charge in [-0.25, -0.2) is 9.78 Å². The zero-order valence-electron chi connectivity index (χ0n) is 10.8. The van der Waals surface area contributed by atoms with E-state index in [2.05, 4.69) is 24.1 Å². The summed E-state index contributed by atoms with van der Waals surface area (Å²) in [6, 6.07) is 3.99. The highest BCUT2D eigenvalue weighted by molar-refractivity contribution is 5.67. The van der Waals surface area contributed by atoms with E-state index in [0.29, 0.717) is 23.8 Å². The highest BCUT2D eigenvalue weighted by atomic mass is 16.4. The summed E-state index contributed by atoms with van der Waals surface area (Å²) in [4.78, 5) is 15.8. The van der Waals surface area contributed by atoms with Gasteiger partial charge in [-0.15, -0.1) is 0 Å². The molecule has 0 aromatic carbocycles. The molecular formula is C13H19N3O2. The second-order valence-corrected chi connectivity index (χ2v) is 4.49. The highest BCUT2D eigenvalue weighted by Gasteiger charge is 2.09. The van der Waals surface area contributed by atoms with Gasteiger partial charge in [0.15, 0.2) is 11.2 Å². The predicted octanol–water partition coefficient (Wildman–Crippen LogP) is 1.77. The Morgan fingerprint density at radius 3 is 3.17 bits per heavy atom. The van der Waals surface area contributed by atoms with E-state index in [-0.39, 0.29) is 5.76 Å². The molecule has 0 aliphatic carbocycles. The average molecular weight is 249 g/mol. The van der Waals surface area contributed by atoms with Crippen LogP contribution in [-0.4, -0.2) is 22.1 Å². The molecule has 0 radical (unpaired) electrons. The molecule has 18 heavy (non-hydrogen) atoms. The van der Waals surface area contributed by atoms with Gasteiger partial charge in [-0.3, -0.25) is 4.57 Å². The molecule has 5 nitrogen and oxygen atoms in total. The Labute approximate surface area is 106 Å². The van der Waals surface area contributed by atoms with E-state index in [9.17, 15) is 4.79 Å². The van der Waals surface area contributed by atoms with Crippen LogP contribution in [0, 0.1) is 0 Å². The maximum Gasteiger partial charge on any atom is 0.421 e. The van der Waals surface area contributed by atoms with Gasteiger partial charge in [-0.1, -0.05) is 13.3 Å². The third kappa shape index (κ3) is 2.79. The fourth-order valence-corrected chi connectivity index (χ4v) is 2.06. The van der Waals surface area contributed by atoms with Crippen molar-refractivity contribution in [3.8, 4) is 0 Å². The van der Waals surface area contributed by atoms with Crippen LogP contribution in [0.5, 0.6) is 0 Å². The van der Waals surface area contributed by atoms with E-state index in [0.717, 1.165) is 19.4 Å². The van der Waals surface area contributed by atoms with Gasteiger partial charge in [-0.05, 0) is 25.5 Å². The molecule has 0 aliphatic rings. The normalized spacial score (nSPS) is 13.0. The van der Waals surface area contributed by atoms with Gasteiger partial charge in [0.05, 0.1) is 0 Å². The van der Waals surface area contributed by atoms with Crippen LogP contribution in [0.2, 0.25) is 0 Å². The zero-order chi connectivity index (χ0) is 13.0. The molecular weight excluding hydrogens is 230 g/mol. The van der Waals surface area contributed by atoms with Gasteiger partial charge in [0.1, 0.15) is 0 Å². The van der Waals surface area contributed by atoms with E-state index in [1.165, 1.54) is 0 Å². The van der Waals surface area contributed by atoms with E-state index in [1.54, 1.807) is 22.9 Å². The number of oxazole rings is 1. The number of fused-ring (bicyclic) bond motifs is 1. The summed E-state index contributed by atoms with van der Waals surface area (Å²) in [6.07, 6.45) is 3.96. The van der Waals surface area contributed by atoms with Crippen LogP contribution in [-0.2, 0) is 6.54 Å². The molecule has 2 rings (SSSR count). The van der Waals surface area contributed by atoms with Crippen molar-refractivity contribution in [2.75, 3.05) is 6.54 Å². The second kappa shape index (κ2) is 5.82. The molecule has 0 fully saturated rings. The molecule has 0 amide bonds. The molecule has 1 atom stereocenters. The van der Waals surface area contributed by atoms with Crippen molar-refractivity contribution in [3.63, 3.8) is 0 Å². The quantitative estimate of drug-likeness (QED) is 0.847. The molecule has 0 aliphatic heterocycles. The Bertz CT molecular complexity index is 559. The molecule has 0 spiro atoms. The summed E-state index contributed by atoms with van der Waals surface area (Å²) in [6.45, 7) is 5.64. The van der Waals surface area contributed by atoms with E-state index >= 15 is 0 Å². The number of hydrogen-bond donors (Lipinski definition) is 1. The monoisotopic (exact) mass is 249 g/mol. The van der Waals surface area contributed by atoms with Gasteiger partial charge in [-0.2, -0.15) is 0 Å². The predicted molar refractivity (Wildman–Crippen MR) is 70.6 cm³/mol. The van der Waals surface area contributed by atoms with E-state index in [1.807, 2.05) is 0 Å². The number of aromatic nitrogens is 2. The van der Waals surface area contributed by atoms with Crippen molar-refractivity contribution in [2.24, 2.45) is 0 Å². The topological polar surface area (TPSA) is 60.1 Å². The molecule has 0 saturated carbocycles. The van der Waals surface area contributed by atoms with Gasteiger partial charge < -0.3 is 9.73 Å². The molecule has 98 valence electrons. The van der Waals surface area contributed by atoms with Gasteiger partial charge >= 0.3 is 5.76 Å². The Morgan fingerprint density at radius 1 is 1.56 bits per heavy atom. The molecule has 1 unspecified atom stereocenters. The highest BCUT2D eigenvalue weighted by Crippen LogP contribution is 2.07. The fraction of sp³-hybridized carbons (Fsp3) is 0.538. The van der Waals surface area contributed by atoms with Crippen molar-refractivity contribution < 1.29 is 4.42 Å². The van der Waals surface area contributed by atoms with Gasteiger partial charge in [0.25, 0.3) is 0 Å². The number of rotatable bonds is 6. The van der Waals surface area contributed by atoms with E-state index < -0.39 is 0 Å². The fourth-order valence-electron chi connectivity index (χ4n) is 2.06. The summed E-state index contributed by atoms with van der Waals surface area (Å²) in [5.74, 6) is -0.339. The minimum atomic E-state index is -0.339. The number of hydrogen-bond acceptors (Lipinski definition) is 4. The first-order chi connectivity index (χ1) is 8.72. The minimum absolute atomic E-state index is 0.339. The first-order valence-electron chi connectivity index (χ1n) is 6.40. The lowest BCUT2D eigenvalue weighted by atomic mass is 10.2. The SMILES string of the molecule is CCCC(C)NCCn1c(=O)oc2cccnc21. The molecule has 2 aromatic rings. The average Bonchev–Trinajstić information content (AvgIpc) is 2.66. The zero-order valence-corrected chi connectivity index (χ0v) is 10.8. The summed E-state index contributed by atoms with van der Waals surface area (Å²) in [7, 11) is 0. The van der Waals surface area contributed by atoms with Gasteiger partial charge in [0.2, 0.25) is 0 Å². The maximum absolute atomic E-state index is 11.7. The number of nitrogens with one attached hydrogen (secondary N) is 1. The lowest BCUT2D eigenvalue weighted by Gasteiger charge is -2.12. The summed E-state index contributed by atoms with van der Waals surface area (Å²) in [5.41, 5.74) is 1.16. The van der Waals surface area contributed by atoms with Crippen molar-refractivity contribution in [1.82, 2.24) is 14.9 Å². The lowest BCUT2D eigenvalue weighted by molar-refractivity contribution is 0.460. The largest absolute Gasteiger partial charge is 0.421 e.